The number of nitrogens with zero attached hydrogens (tertiary/aromatic N) is 1. The summed E-state index contributed by atoms with van der Waals surface area (Å²) >= 11 is 0. The monoisotopic (exact) mass is 387 g/mol. The van der Waals surface area contributed by atoms with E-state index in [0.717, 1.165) is 38.7 Å². The number of H-pyrrole nitrogens is 1. The molecule has 146 valence electrons. The summed E-state index contributed by atoms with van der Waals surface area (Å²) in [5, 5.41) is 5.15. The molecule has 2 N–H and O–H groups in total. The zero-order valence-corrected chi connectivity index (χ0v) is 16.2. The number of fused-ring (bicyclic) bond motifs is 1. The number of hydrogen-bond acceptors (Lipinski definition) is 4. The molecule has 0 saturated carbocycles. The molecule has 0 fully saturated rings. The molecule has 2 aromatic carbocycles. The topological polar surface area (TPSA) is 79.6 Å². The van der Waals surface area contributed by atoms with Crippen molar-refractivity contribution in [1.29, 1.82) is 0 Å². The van der Waals surface area contributed by atoms with E-state index in [1.807, 2.05) is 62.5 Å². The molecule has 0 unspecified atom stereocenters. The first-order valence-corrected chi connectivity index (χ1v) is 9.26. The maximum atomic E-state index is 12.2. The van der Waals surface area contributed by atoms with E-state index in [4.69, 9.17) is 9.15 Å². The predicted molar refractivity (Wildman–Crippen MR) is 113 cm³/mol. The van der Waals surface area contributed by atoms with Crippen LogP contribution >= 0.6 is 0 Å². The van der Waals surface area contributed by atoms with Crippen LogP contribution in [0.5, 0.6) is 5.75 Å². The van der Waals surface area contributed by atoms with Gasteiger partial charge in [0.05, 0.1) is 18.7 Å². The highest BCUT2D eigenvalue weighted by Gasteiger charge is 2.13. The van der Waals surface area contributed by atoms with Gasteiger partial charge in [0, 0.05) is 22.8 Å². The molecule has 29 heavy (non-hydrogen) atoms. The molecule has 4 aromatic rings. The predicted octanol–water partition coefficient (Wildman–Crippen LogP) is 4.57. The second-order valence-corrected chi connectivity index (χ2v) is 6.88. The Labute approximate surface area is 168 Å². The highest BCUT2D eigenvalue weighted by molar-refractivity contribution is 5.89. The number of nitrogens with one attached hydrogen (secondary N) is 2. The lowest BCUT2D eigenvalue weighted by atomic mass is 10.0. The second kappa shape index (κ2) is 8.06. The fourth-order valence-electron chi connectivity index (χ4n) is 3.27. The third kappa shape index (κ3) is 4.21. The molecule has 2 aromatic heterocycles. The normalized spacial score (nSPS) is 11.2. The maximum absolute atomic E-state index is 12.2. The average Bonchev–Trinajstić information content (AvgIpc) is 3.38. The van der Waals surface area contributed by atoms with Crippen molar-refractivity contribution < 1.29 is 13.9 Å². The molecule has 0 aliphatic heterocycles. The molecule has 0 spiro atoms. The van der Waals surface area contributed by atoms with Crippen molar-refractivity contribution in [2.45, 2.75) is 13.8 Å². The number of furan rings is 1. The van der Waals surface area contributed by atoms with Crippen LogP contribution in [0.4, 0.5) is 0 Å². The second-order valence-electron chi connectivity index (χ2n) is 6.88. The van der Waals surface area contributed by atoms with Gasteiger partial charge >= 0.3 is 0 Å². The van der Waals surface area contributed by atoms with Crippen LogP contribution in [-0.2, 0) is 4.79 Å². The van der Waals surface area contributed by atoms with Crippen LogP contribution in [-0.4, -0.2) is 23.7 Å². The molecule has 4 rings (SSSR count). The standard InChI is InChI=1S/C23H21N3O3/c1-15-9-16(2)23(20(10-15)19-6-8-28-13-19)29-14-22(27)26-25-12-17-3-4-18-5-7-24-21(18)11-17/h3-13,24H,14H2,1-2H3,(H,26,27). The molecule has 6 heteroatoms. The summed E-state index contributed by atoms with van der Waals surface area (Å²) in [7, 11) is 0. The quantitative estimate of drug-likeness (QED) is 0.376. The summed E-state index contributed by atoms with van der Waals surface area (Å²) in [4.78, 5) is 15.3. The van der Waals surface area contributed by atoms with Gasteiger partial charge in [-0.15, -0.1) is 0 Å². The number of amides is 1. The van der Waals surface area contributed by atoms with Gasteiger partial charge in [0.2, 0.25) is 0 Å². The summed E-state index contributed by atoms with van der Waals surface area (Å²) in [6.45, 7) is 3.84. The lowest BCUT2D eigenvalue weighted by molar-refractivity contribution is -0.123. The first kappa shape index (κ1) is 18.6. The van der Waals surface area contributed by atoms with Crippen LogP contribution in [0.15, 0.2) is 70.7 Å². The SMILES string of the molecule is Cc1cc(C)c(OCC(=O)NN=Cc2ccc3cc[nH]c3c2)c(-c2ccoc2)c1. The van der Waals surface area contributed by atoms with Gasteiger partial charge in [-0.25, -0.2) is 5.43 Å². The number of hydrogen-bond donors (Lipinski definition) is 2. The molecule has 1 amide bonds. The Bertz CT molecular complexity index is 1170. The molecular formula is C23H21N3O3. The maximum Gasteiger partial charge on any atom is 0.277 e. The van der Waals surface area contributed by atoms with Crippen LogP contribution in [0.2, 0.25) is 0 Å². The number of aromatic amines is 1. The van der Waals surface area contributed by atoms with E-state index in [2.05, 4.69) is 15.5 Å². The Morgan fingerprint density at radius 1 is 1.21 bits per heavy atom. The summed E-state index contributed by atoms with van der Waals surface area (Å²) in [5.41, 5.74) is 8.28. The Morgan fingerprint density at radius 3 is 2.93 bits per heavy atom. The Balaban J connectivity index is 1.41. The van der Waals surface area contributed by atoms with E-state index in [0.29, 0.717) is 5.75 Å². The van der Waals surface area contributed by atoms with Crippen LogP contribution in [0.3, 0.4) is 0 Å². The average molecular weight is 387 g/mol. The zero-order valence-electron chi connectivity index (χ0n) is 16.2. The molecule has 0 aliphatic rings. The van der Waals surface area contributed by atoms with E-state index in [-0.39, 0.29) is 12.5 Å². The van der Waals surface area contributed by atoms with Gasteiger partial charge < -0.3 is 14.1 Å². The number of carbonyl (C=O) groups excluding carboxylic acids is 1. The van der Waals surface area contributed by atoms with Gasteiger partial charge in [0.25, 0.3) is 5.91 Å². The van der Waals surface area contributed by atoms with Gasteiger partial charge in [-0.3, -0.25) is 4.79 Å². The lowest BCUT2D eigenvalue weighted by Crippen LogP contribution is -2.25. The molecular weight excluding hydrogens is 366 g/mol. The fourth-order valence-corrected chi connectivity index (χ4v) is 3.27. The summed E-state index contributed by atoms with van der Waals surface area (Å²) < 4.78 is 11.0. The number of rotatable bonds is 6. The molecule has 0 saturated heterocycles. The van der Waals surface area contributed by atoms with E-state index in [9.17, 15) is 4.79 Å². The van der Waals surface area contributed by atoms with Crippen LogP contribution in [0.1, 0.15) is 16.7 Å². The minimum atomic E-state index is -0.333. The zero-order chi connectivity index (χ0) is 20.2. The lowest BCUT2D eigenvalue weighted by Gasteiger charge is -2.14. The number of aryl methyl sites for hydroxylation is 2. The summed E-state index contributed by atoms with van der Waals surface area (Å²) in [6, 6.07) is 13.8. The van der Waals surface area contributed by atoms with Crippen LogP contribution < -0.4 is 10.2 Å². The minimum absolute atomic E-state index is 0.137. The summed E-state index contributed by atoms with van der Waals surface area (Å²) in [5.74, 6) is 0.327. The Morgan fingerprint density at radius 2 is 2.10 bits per heavy atom. The van der Waals surface area contributed by atoms with Crippen LogP contribution in [0, 0.1) is 13.8 Å². The van der Waals surface area contributed by atoms with Crippen molar-refractivity contribution in [2.24, 2.45) is 5.10 Å². The van der Waals surface area contributed by atoms with Crippen LogP contribution in [0.25, 0.3) is 22.0 Å². The van der Waals surface area contributed by atoms with E-state index in [1.54, 1.807) is 18.7 Å². The largest absolute Gasteiger partial charge is 0.483 e. The van der Waals surface area contributed by atoms with Crippen molar-refractivity contribution in [3.8, 4) is 16.9 Å². The van der Waals surface area contributed by atoms with Crippen molar-refractivity contribution in [1.82, 2.24) is 10.4 Å². The molecule has 0 radical (unpaired) electrons. The summed E-state index contributed by atoms with van der Waals surface area (Å²) in [6.07, 6.45) is 6.76. The third-order valence-electron chi connectivity index (χ3n) is 4.58. The van der Waals surface area contributed by atoms with Crippen molar-refractivity contribution in [2.75, 3.05) is 6.61 Å². The molecule has 2 heterocycles. The van der Waals surface area contributed by atoms with Gasteiger partial charge in [-0.1, -0.05) is 18.2 Å². The molecule has 0 atom stereocenters. The minimum Gasteiger partial charge on any atom is -0.483 e. The number of ether oxygens (including phenoxy) is 1. The Hall–Kier alpha value is -3.80. The van der Waals surface area contributed by atoms with Gasteiger partial charge in [-0.2, -0.15) is 5.10 Å². The van der Waals surface area contributed by atoms with Crippen molar-refractivity contribution >= 4 is 23.0 Å². The van der Waals surface area contributed by atoms with Gasteiger partial charge in [-0.05, 0) is 60.2 Å². The smallest absolute Gasteiger partial charge is 0.277 e. The number of hydrazone groups is 1. The molecule has 6 nitrogen and oxygen atoms in total. The van der Waals surface area contributed by atoms with E-state index >= 15 is 0 Å². The highest BCUT2D eigenvalue weighted by atomic mass is 16.5. The molecule has 0 aliphatic carbocycles. The highest BCUT2D eigenvalue weighted by Crippen LogP contribution is 2.34. The number of benzene rings is 2. The number of carbonyl (C=O) groups is 1. The fraction of sp³-hybridized carbons (Fsp3) is 0.130. The Kier molecular flexibility index (Phi) is 5.16. The van der Waals surface area contributed by atoms with Crippen molar-refractivity contribution in [3.63, 3.8) is 0 Å². The number of aromatic nitrogens is 1. The van der Waals surface area contributed by atoms with E-state index < -0.39 is 0 Å². The van der Waals surface area contributed by atoms with E-state index in [1.165, 1.54) is 0 Å². The molecule has 0 bridgehead atoms. The van der Waals surface area contributed by atoms with Gasteiger partial charge in [0.1, 0.15) is 5.75 Å². The van der Waals surface area contributed by atoms with Crippen molar-refractivity contribution in [3.05, 3.63) is 77.9 Å². The first-order valence-electron chi connectivity index (χ1n) is 9.26. The first-order chi connectivity index (χ1) is 14.1. The van der Waals surface area contributed by atoms with Gasteiger partial charge in [0.15, 0.2) is 6.61 Å². The third-order valence-corrected chi connectivity index (χ3v) is 4.58.